The second-order valence-electron chi connectivity index (χ2n) is 6.66. The zero-order valence-electron chi connectivity index (χ0n) is 17.7. The molecule has 0 spiro atoms. The molecule has 1 N–H and O–H groups in total. The molecule has 0 saturated heterocycles. The maximum atomic E-state index is 12.5. The minimum atomic E-state index is -4.36. The molecule has 29 heavy (non-hydrogen) atoms. The first-order valence-corrected chi connectivity index (χ1v) is 9.54. The number of ether oxygens (including phenoxy) is 1. The number of nitrogens with zero attached hydrogens (tertiary/aromatic N) is 1. The summed E-state index contributed by atoms with van der Waals surface area (Å²) in [5.74, 6) is 0.286. The smallest absolute Gasteiger partial charge is 0.422 e. The fourth-order valence-corrected chi connectivity index (χ4v) is 2.97. The van der Waals surface area contributed by atoms with Gasteiger partial charge in [-0.2, -0.15) is 13.2 Å². The van der Waals surface area contributed by atoms with Crippen LogP contribution in [0.4, 0.5) is 13.2 Å². The Balaban J connectivity index is 2.98. The van der Waals surface area contributed by atoms with Gasteiger partial charge in [0.2, 0.25) is 0 Å². The summed E-state index contributed by atoms with van der Waals surface area (Å²) >= 11 is 0. The van der Waals surface area contributed by atoms with Crippen LogP contribution in [0.2, 0.25) is 0 Å². The van der Waals surface area contributed by atoms with E-state index in [1.165, 1.54) is 0 Å². The van der Waals surface area contributed by atoms with Crippen molar-refractivity contribution in [2.45, 2.75) is 33.4 Å². The summed E-state index contributed by atoms with van der Waals surface area (Å²) < 4.78 is 42.6. The average Bonchev–Trinajstić information content (AvgIpc) is 2.67. The highest BCUT2D eigenvalue weighted by molar-refractivity contribution is 5.53. The van der Waals surface area contributed by atoms with Crippen molar-refractivity contribution in [1.29, 1.82) is 0 Å². The van der Waals surface area contributed by atoms with E-state index >= 15 is 0 Å². The lowest BCUT2D eigenvalue weighted by Crippen LogP contribution is -2.31. The van der Waals surface area contributed by atoms with Gasteiger partial charge >= 0.3 is 6.18 Å². The Bertz CT molecular complexity index is 753. The van der Waals surface area contributed by atoms with Gasteiger partial charge in [0, 0.05) is 37.5 Å². The van der Waals surface area contributed by atoms with E-state index in [0.717, 1.165) is 27.9 Å². The van der Waals surface area contributed by atoms with E-state index in [0.29, 0.717) is 19.5 Å². The molecule has 0 atom stereocenters. The monoisotopic (exact) mass is 408 g/mol. The van der Waals surface area contributed by atoms with Crippen LogP contribution in [-0.2, 0) is 4.74 Å². The number of hydrogen-bond acceptors (Lipinski definition) is 3. The van der Waals surface area contributed by atoms with Crippen LogP contribution in [0.15, 0.2) is 83.5 Å². The van der Waals surface area contributed by atoms with Crippen LogP contribution in [0, 0.1) is 0 Å². The lowest BCUT2D eigenvalue weighted by molar-refractivity contribution is -0.169. The predicted octanol–water partition coefficient (Wildman–Crippen LogP) is 5.80. The first kappa shape index (κ1) is 24.4. The van der Waals surface area contributed by atoms with Crippen molar-refractivity contribution in [3.63, 3.8) is 0 Å². The normalized spacial score (nSPS) is 16.2. The summed E-state index contributed by atoms with van der Waals surface area (Å²) in [6.45, 7) is 13.4. The molecular formula is C23H31F3N2O. The minimum absolute atomic E-state index is 0.286. The van der Waals surface area contributed by atoms with Crippen molar-refractivity contribution in [2.24, 2.45) is 0 Å². The van der Waals surface area contributed by atoms with E-state index < -0.39 is 12.8 Å². The SMILES string of the molecule is C=CC(=C)/C(=C/NCC1=CC(CC)=C(OCC(F)(F)F)N(C)C1)C(=CC)/C=C\C. The fourth-order valence-electron chi connectivity index (χ4n) is 2.97. The maximum Gasteiger partial charge on any atom is 0.422 e. The molecule has 1 heterocycles. The molecule has 0 saturated carbocycles. The third-order valence-electron chi connectivity index (χ3n) is 4.33. The molecule has 0 fully saturated rings. The molecular weight excluding hydrogens is 377 g/mol. The Morgan fingerprint density at radius 3 is 2.55 bits per heavy atom. The van der Waals surface area contributed by atoms with Gasteiger partial charge < -0.3 is 15.0 Å². The van der Waals surface area contributed by atoms with Crippen LogP contribution < -0.4 is 5.32 Å². The van der Waals surface area contributed by atoms with Crippen LogP contribution in [0.3, 0.4) is 0 Å². The predicted molar refractivity (Wildman–Crippen MR) is 114 cm³/mol. The maximum absolute atomic E-state index is 12.5. The molecule has 1 aliphatic rings. The van der Waals surface area contributed by atoms with Gasteiger partial charge in [-0.3, -0.25) is 0 Å². The van der Waals surface area contributed by atoms with Crippen molar-refractivity contribution in [1.82, 2.24) is 10.2 Å². The number of allylic oxidation sites excluding steroid dienone is 9. The van der Waals surface area contributed by atoms with Gasteiger partial charge in [0.15, 0.2) is 12.5 Å². The second-order valence-corrected chi connectivity index (χ2v) is 6.66. The minimum Gasteiger partial charge on any atom is -0.469 e. The number of nitrogens with one attached hydrogen (secondary N) is 1. The molecule has 160 valence electrons. The van der Waals surface area contributed by atoms with E-state index in [-0.39, 0.29) is 5.88 Å². The fraction of sp³-hybridized carbons (Fsp3) is 0.391. The van der Waals surface area contributed by atoms with E-state index in [4.69, 9.17) is 4.74 Å². The van der Waals surface area contributed by atoms with Crippen LogP contribution >= 0.6 is 0 Å². The topological polar surface area (TPSA) is 24.5 Å². The Labute approximate surface area is 172 Å². The van der Waals surface area contributed by atoms with Crippen molar-refractivity contribution in [2.75, 3.05) is 26.7 Å². The Morgan fingerprint density at radius 1 is 1.34 bits per heavy atom. The zero-order valence-corrected chi connectivity index (χ0v) is 17.7. The molecule has 6 heteroatoms. The van der Waals surface area contributed by atoms with E-state index in [2.05, 4.69) is 18.5 Å². The average molecular weight is 409 g/mol. The summed E-state index contributed by atoms with van der Waals surface area (Å²) in [7, 11) is 1.74. The number of hydrogen-bond donors (Lipinski definition) is 1. The summed E-state index contributed by atoms with van der Waals surface area (Å²) in [5, 5.41) is 3.30. The van der Waals surface area contributed by atoms with Gasteiger partial charge in [-0.15, -0.1) is 0 Å². The van der Waals surface area contributed by atoms with Crippen molar-refractivity contribution >= 4 is 0 Å². The third kappa shape index (κ3) is 7.72. The van der Waals surface area contributed by atoms with Gasteiger partial charge in [0.05, 0.1) is 0 Å². The molecule has 0 aromatic heterocycles. The second kappa shape index (κ2) is 11.4. The lowest BCUT2D eigenvalue weighted by atomic mass is 9.99. The highest BCUT2D eigenvalue weighted by Crippen LogP contribution is 2.26. The first-order valence-electron chi connectivity index (χ1n) is 9.54. The molecule has 1 aliphatic heterocycles. The van der Waals surface area contributed by atoms with E-state index in [1.807, 2.05) is 51.3 Å². The van der Waals surface area contributed by atoms with Crippen molar-refractivity contribution in [3.05, 3.63) is 83.5 Å². The van der Waals surface area contributed by atoms with Crippen LogP contribution in [0.5, 0.6) is 0 Å². The molecule has 1 rings (SSSR count). The van der Waals surface area contributed by atoms with Gasteiger partial charge in [-0.1, -0.05) is 50.5 Å². The standard InChI is InChI=1S/C23H31F3N2O/c1-7-11-19(9-3)21(17(5)8-2)14-27-13-18-12-20(10-4)22(28(6)15-18)29-16-23(24,25)26/h7-9,11-12,14,27H,2,5,10,13,15-16H2,1,3-4,6H3/b11-7-,19-9?,21-14-. The van der Waals surface area contributed by atoms with Crippen LogP contribution in [-0.4, -0.2) is 37.8 Å². The van der Waals surface area contributed by atoms with Crippen molar-refractivity contribution < 1.29 is 17.9 Å². The molecule has 0 radical (unpaired) electrons. The summed E-state index contributed by atoms with van der Waals surface area (Å²) in [6, 6.07) is 0. The Kier molecular flexibility index (Phi) is 9.59. The van der Waals surface area contributed by atoms with E-state index in [1.54, 1.807) is 18.0 Å². The van der Waals surface area contributed by atoms with Crippen LogP contribution in [0.1, 0.15) is 27.2 Å². The highest BCUT2D eigenvalue weighted by Gasteiger charge is 2.30. The molecule has 0 aromatic carbocycles. The summed E-state index contributed by atoms with van der Waals surface area (Å²) in [5.41, 5.74) is 4.57. The molecule has 0 unspecified atom stereocenters. The third-order valence-corrected chi connectivity index (χ3v) is 4.33. The zero-order chi connectivity index (χ0) is 22.0. The van der Waals surface area contributed by atoms with Gasteiger partial charge in [-0.25, -0.2) is 0 Å². The van der Waals surface area contributed by atoms with Gasteiger partial charge in [-0.05, 0) is 37.0 Å². The number of rotatable bonds is 10. The van der Waals surface area contributed by atoms with Gasteiger partial charge in [0.25, 0.3) is 0 Å². The molecule has 3 nitrogen and oxygen atoms in total. The summed E-state index contributed by atoms with van der Waals surface area (Å²) in [4.78, 5) is 1.71. The quantitative estimate of drug-likeness (QED) is 0.463. The molecule has 0 aromatic rings. The van der Waals surface area contributed by atoms with Gasteiger partial charge in [0.1, 0.15) is 0 Å². The largest absolute Gasteiger partial charge is 0.469 e. The number of alkyl halides is 3. The number of likely N-dealkylation sites (N-methyl/N-ethyl adjacent to an activating group) is 1. The van der Waals surface area contributed by atoms with Crippen molar-refractivity contribution in [3.8, 4) is 0 Å². The highest BCUT2D eigenvalue weighted by atomic mass is 19.4. The Morgan fingerprint density at radius 2 is 2.03 bits per heavy atom. The Hall–Kier alpha value is -2.63. The molecule has 0 amide bonds. The van der Waals surface area contributed by atoms with E-state index in [9.17, 15) is 13.2 Å². The molecule has 0 bridgehead atoms. The number of halogens is 3. The molecule has 0 aliphatic carbocycles. The summed E-state index contributed by atoms with van der Waals surface area (Å²) in [6.07, 6.45) is 7.69. The lowest BCUT2D eigenvalue weighted by Gasteiger charge is -2.30. The first-order chi connectivity index (χ1) is 13.7. The van der Waals surface area contributed by atoms with Crippen LogP contribution in [0.25, 0.3) is 0 Å².